The van der Waals surface area contributed by atoms with Crippen LogP contribution < -0.4 is 5.56 Å². The van der Waals surface area contributed by atoms with Gasteiger partial charge in [0.1, 0.15) is 0 Å². The van der Waals surface area contributed by atoms with Crippen LogP contribution >= 0.6 is 12.2 Å². The maximum atomic E-state index is 11.8. The third-order valence-electron chi connectivity index (χ3n) is 1.53. The first-order valence-corrected chi connectivity index (χ1v) is 4.16. The fraction of sp³-hybridized carbons (Fsp3) is 0.429. The number of aromatic amines is 1. The minimum absolute atomic E-state index is 0.00162. The van der Waals surface area contributed by atoms with Gasteiger partial charge < -0.3 is 4.57 Å². The lowest BCUT2D eigenvalue weighted by molar-refractivity contribution is -0.136. The number of aryl methyl sites for hydroxylation is 1. The number of aromatic nitrogens is 2. The summed E-state index contributed by atoms with van der Waals surface area (Å²) < 4.78 is 36.7. The molecule has 0 atom stereocenters. The van der Waals surface area contributed by atoms with Crippen molar-refractivity contribution in [2.24, 2.45) is 0 Å². The van der Waals surface area contributed by atoms with E-state index < -0.39 is 18.2 Å². The van der Waals surface area contributed by atoms with Crippen molar-refractivity contribution in [1.82, 2.24) is 9.55 Å². The molecule has 0 aliphatic rings. The Hall–Kier alpha value is -1.11. The van der Waals surface area contributed by atoms with Gasteiger partial charge in [-0.3, -0.25) is 9.78 Å². The van der Waals surface area contributed by atoms with E-state index in [4.69, 9.17) is 0 Å². The third kappa shape index (κ3) is 3.33. The summed E-state index contributed by atoms with van der Waals surface area (Å²) in [5.74, 6) is 0. The molecule has 1 aromatic heterocycles. The van der Waals surface area contributed by atoms with E-state index in [0.717, 1.165) is 6.07 Å². The van der Waals surface area contributed by atoms with Crippen molar-refractivity contribution < 1.29 is 13.2 Å². The van der Waals surface area contributed by atoms with Gasteiger partial charge in [0, 0.05) is 18.8 Å². The predicted octanol–water partition coefficient (Wildman–Crippen LogP) is 1.86. The first-order chi connectivity index (χ1) is 6.38. The van der Waals surface area contributed by atoms with Crippen LogP contribution in [-0.2, 0) is 6.54 Å². The summed E-state index contributed by atoms with van der Waals surface area (Å²) >= 11 is 4.67. The monoisotopic (exact) mass is 224 g/mol. The molecule has 0 amide bonds. The van der Waals surface area contributed by atoms with Gasteiger partial charge >= 0.3 is 6.18 Å². The molecular weight excluding hydrogens is 217 g/mol. The van der Waals surface area contributed by atoms with Gasteiger partial charge in [-0.1, -0.05) is 0 Å². The van der Waals surface area contributed by atoms with Gasteiger partial charge in [-0.05, 0) is 12.2 Å². The quantitative estimate of drug-likeness (QED) is 0.778. The number of nitrogens with one attached hydrogen (secondary N) is 1. The summed E-state index contributed by atoms with van der Waals surface area (Å²) in [5, 5.41) is 0. The molecule has 1 rings (SSSR count). The lowest BCUT2D eigenvalue weighted by atomic mass is 10.4. The second kappa shape index (κ2) is 3.95. The zero-order valence-electron chi connectivity index (χ0n) is 6.97. The van der Waals surface area contributed by atoms with Crippen molar-refractivity contribution in [3.63, 3.8) is 0 Å². The van der Waals surface area contributed by atoms with Gasteiger partial charge in [-0.15, -0.1) is 0 Å². The lowest BCUT2D eigenvalue weighted by Gasteiger charge is -2.08. The first kappa shape index (κ1) is 11.0. The number of rotatable bonds is 2. The molecule has 78 valence electrons. The van der Waals surface area contributed by atoms with E-state index in [1.807, 2.05) is 0 Å². The standard InChI is InChI=1S/C7H7F3N2OS/c8-7(9,10)2-4-12-3-1-5(13)11-6(12)14/h1,3H,2,4H2,(H,11,13,14). The van der Waals surface area contributed by atoms with Gasteiger partial charge in [0.2, 0.25) is 0 Å². The van der Waals surface area contributed by atoms with E-state index in [-0.39, 0.29) is 11.3 Å². The highest BCUT2D eigenvalue weighted by Crippen LogP contribution is 2.19. The predicted molar refractivity (Wildman–Crippen MR) is 46.6 cm³/mol. The molecule has 3 nitrogen and oxygen atoms in total. The molecule has 0 bridgehead atoms. The Bertz CT molecular complexity index is 420. The Morgan fingerprint density at radius 3 is 2.64 bits per heavy atom. The molecule has 0 aromatic carbocycles. The van der Waals surface area contributed by atoms with Gasteiger partial charge in [0.15, 0.2) is 4.77 Å². The third-order valence-corrected chi connectivity index (χ3v) is 1.87. The normalized spacial score (nSPS) is 11.6. The lowest BCUT2D eigenvalue weighted by Crippen LogP contribution is -2.16. The molecule has 0 unspecified atom stereocenters. The van der Waals surface area contributed by atoms with Crippen molar-refractivity contribution in [3.05, 3.63) is 27.4 Å². The smallest absolute Gasteiger partial charge is 0.325 e. The van der Waals surface area contributed by atoms with Crippen molar-refractivity contribution in [1.29, 1.82) is 0 Å². The molecule has 0 fully saturated rings. The Kier molecular flexibility index (Phi) is 3.10. The fourth-order valence-corrected chi connectivity index (χ4v) is 1.12. The van der Waals surface area contributed by atoms with Crippen LogP contribution in [0.15, 0.2) is 17.1 Å². The number of H-pyrrole nitrogens is 1. The Balaban J connectivity index is 2.79. The van der Waals surface area contributed by atoms with Crippen LogP contribution in [0.2, 0.25) is 0 Å². The Labute approximate surface area is 82.2 Å². The summed E-state index contributed by atoms with van der Waals surface area (Å²) in [6.45, 7) is -0.279. The van der Waals surface area contributed by atoms with E-state index >= 15 is 0 Å². The molecule has 1 N–H and O–H groups in total. The topological polar surface area (TPSA) is 37.8 Å². The van der Waals surface area contributed by atoms with Crippen LogP contribution in [0.3, 0.4) is 0 Å². The fourth-order valence-electron chi connectivity index (χ4n) is 0.868. The SMILES string of the molecule is O=c1ccn(CCC(F)(F)F)c(=S)[nH]1. The van der Waals surface area contributed by atoms with Crippen LogP contribution in [0.25, 0.3) is 0 Å². The van der Waals surface area contributed by atoms with E-state index in [9.17, 15) is 18.0 Å². The van der Waals surface area contributed by atoms with Crippen molar-refractivity contribution in [2.75, 3.05) is 0 Å². The summed E-state index contributed by atoms with van der Waals surface area (Å²) in [6.07, 6.45) is -3.94. The first-order valence-electron chi connectivity index (χ1n) is 3.75. The minimum Gasteiger partial charge on any atom is -0.325 e. The maximum Gasteiger partial charge on any atom is 0.390 e. The van der Waals surface area contributed by atoms with Crippen LogP contribution in [0, 0.1) is 4.77 Å². The molecule has 0 aliphatic carbocycles. The van der Waals surface area contributed by atoms with Crippen molar-refractivity contribution in [3.8, 4) is 0 Å². The molecule has 0 aliphatic heterocycles. The molecule has 14 heavy (non-hydrogen) atoms. The van der Waals surface area contributed by atoms with Gasteiger partial charge in [0.05, 0.1) is 6.42 Å². The van der Waals surface area contributed by atoms with Crippen LogP contribution in [0.4, 0.5) is 13.2 Å². The van der Waals surface area contributed by atoms with Crippen LogP contribution in [0.1, 0.15) is 6.42 Å². The zero-order valence-corrected chi connectivity index (χ0v) is 7.78. The molecule has 1 aromatic rings. The Morgan fingerprint density at radius 1 is 1.50 bits per heavy atom. The molecule has 0 saturated heterocycles. The Morgan fingerprint density at radius 2 is 2.14 bits per heavy atom. The highest BCUT2D eigenvalue weighted by molar-refractivity contribution is 7.71. The minimum atomic E-state index is -4.22. The summed E-state index contributed by atoms with van der Waals surface area (Å²) in [7, 11) is 0. The highest BCUT2D eigenvalue weighted by atomic mass is 32.1. The van der Waals surface area contributed by atoms with E-state index in [1.54, 1.807) is 0 Å². The molecule has 7 heteroatoms. The van der Waals surface area contributed by atoms with Gasteiger partial charge in [-0.25, -0.2) is 0 Å². The van der Waals surface area contributed by atoms with Crippen LogP contribution in [-0.4, -0.2) is 15.7 Å². The van der Waals surface area contributed by atoms with Crippen molar-refractivity contribution in [2.45, 2.75) is 19.1 Å². The second-order valence-electron chi connectivity index (χ2n) is 2.67. The summed E-state index contributed by atoms with van der Waals surface area (Å²) in [5.41, 5.74) is -0.418. The van der Waals surface area contributed by atoms with E-state index in [1.165, 1.54) is 10.8 Å². The molecular formula is C7H7F3N2OS. The van der Waals surface area contributed by atoms with Gasteiger partial charge in [-0.2, -0.15) is 13.2 Å². The second-order valence-corrected chi connectivity index (χ2v) is 3.06. The molecule has 0 radical (unpaired) electrons. The number of nitrogens with zero attached hydrogens (tertiary/aromatic N) is 1. The molecule has 0 spiro atoms. The number of alkyl halides is 3. The average Bonchev–Trinajstić information content (AvgIpc) is 2.00. The van der Waals surface area contributed by atoms with Crippen LogP contribution in [0.5, 0.6) is 0 Å². The number of hydrogen-bond donors (Lipinski definition) is 1. The van der Waals surface area contributed by atoms with Gasteiger partial charge in [0.25, 0.3) is 5.56 Å². The zero-order chi connectivity index (χ0) is 10.8. The highest BCUT2D eigenvalue weighted by Gasteiger charge is 2.26. The average molecular weight is 224 g/mol. The van der Waals surface area contributed by atoms with Crippen molar-refractivity contribution >= 4 is 12.2 Å². The maximum absolute atomic E-state index is 11.8. The summed E-state index contributed by atoms with van der Waals surface area (Å²) in [4.78, 5) is 12.9. The molecule has 0 saturated carbocycles. The largest absolute Gasteiger partial charge is 0.390 e. The number of halogens is 3. The molecule has 1 heterocycles. The van der Waals surface area contributed by atoms with E-state index in [0.29, 0.717) is 0 Å². The number of hydrogen-bond acceptors (Lipinski definition) is 2. The van der Waals surface area contributed by atoms with E-state index in [2.05, 4.69) is 17.2 Å². The summed E-state index contributed by atoms with van der Waals surface area (Å²) in [6, 6.07) is 1.13.